The van der Waals surface area contributed by atoms with Crippen LogP contribution in [0.1, 0.15) is 68.2 Å². The van der Waals surface area contributed by atoms with Gasteiger partial charge < -0.3 is 19.2 Å². The molecule has 168 valence electrons. The number of fused-ring (bicyclic) bond motifs is 3. The Kier molecular flexibility index (Phi) is 5.49. The van der Waals surface area contributed by atoms with Crippen LogP contribution in [0.3, 0.4) is 0 Å². The van der Waals surface area contributed by atoms with E-state index in [9.17, 15) is 9.59 Å². The minimum absolute atomic E-state index is 0.105. The molecule has 1 N–H and O–H groups in total. The van der Waals surface area contributed by atoms with Gasteiger partial charge in [-0.25, -0.2) is 4.98 Å². The predicted octanol–water partition coefficient (Wildman–Crippen LogP) is 4.27. The van der Waals surface area contributed by atoms with Crippen LogP contribution in [0.2, 0.25) is 0 Å². The van der Waals surface area contributed by atoms with E-state index in [4.69, 9.17) is 4.42 Å². The van der Waals surface area contributed by atoms with Crippen LogP contribution < -0.4 is 5.32 Å². The van der Waals surface area contributed by atoms with Gasteiger partial charge in [0.2, 0.25) is 5.91 Å². The average Bonchev–Trinajstić information content (AvgIpc) is 3.41. The molecule has 5 rings (SSSR count). The molecule has 1 aliphatic heterocycles. The van der Waals surface area contributed by atoms with Crippen LogP contribution in [0.25, 0.3) is 11.0 Å². The largest absolute Gasteiger partial charge is 0.467 e. The maximum absolute atomic E-state index is 13.8. The van der Waals surface area contributed by atoms with Crippen LogP contribution in [0, 0.1) is 0 Å². The highest BCUT2D eigenvalue weighted by Crippen LogP contribution is 2.32. The van der Waals surface area contributed by atoms with E-state index in [1.807, 2.05) is 41.8 Å². The molecule has 32 heavy (non-hydrogen) atoms. The van der Waals surface area contributed by atoms with Gasteiger partial charge in [-0.05, 0) is 44.0 Å². The van der Waals surface area contributed by atoms with Gasteiger partial charge in [0.15, 0.2) is 5.82 Å². The zero-order valence-electron chi connectivity index (χ0n) is 18.5. The molecule has 2 aliphatic rings. The third kappa shape index (κ3) is 3.70. The quantitative estimate of drug-likeness (QED) is 0.665. The van der Waals surface area contributed by atoms with Crippen molar-refractivity contribution < 1.29 is 14.0 Å². The van der Waals surface area contributed by atoms with Crippen LogP contribution in [-0.2, 0) is 17.9 Å². The molecule has 3 heterocycles. The monoisotopic (exact) mass is 434 g/mol. The number of nitrogens with zero attached hydrogens (tertiary/aromatic N) is 3. The molecule has 7 nitrogen and oxygen atoms in total. The fourth-order valence-electron chi connectivity index (χ4n) is 5.08. The van der Waals surface area contributed by atoms with Crippen LogP contribution >= 0.6 is 0 Å². The summed E-state index contributed by atoms with van der Waals surface area (Å²) in [5, 5.41) is 3.30. The van der Waals surface area contributed by atoms with Gasteiger partial charge in [0.25, 0.3) is 5.91 Å². The van der Waals surface area contributed by atoms with Gasteiger partial charge >= 0.3 is 0 Å². The minimum atomic E-state index is -1.05. The smallest absolute Gasteiger partial charge is 0.291 e. The second-order valence-electron chi connectivity index (χ2n) is 9.27. The van der Waals surface area contributed by atoms with E-state index < -0.39 is 5.54 Å². The van der Waals surface area contributed by atoms with Gasteiger partial charge in [0.1, 0.15) is 11.3 Å². The lowest BCUT2D eigenvalue weighted by Crippen LogP contribution is -2.64. The maximum Gasteiger partial charge on any atom is 0.291 e. The van der Waals surface area contributed by atoms with Crippen LogP contribution in [0.4, 0.5) is 0 Å². The van der Waals surface area contributed by atoms with Crippen molar-refractivity contribution in [2.45, 2.75) is 76.5 Å². The van der Waals surface area contributed by atoms with E-state index in [1.165, 1.54) is 19.3 Å². The number of hydrogen-bond donors (Lipinski definition) is 1. The predicted molar refractivity (Wildman–Crippen MR) is 121 cm³/mol. The Labute approximate surface area is 187 Å². The molecule has 0 spiro atoms. The molecule has 0 saturated heterocycles. The van der Waals surface area contributed by atoms with Crippen molar-refractivity contribution in [2.75, 3.05) is 0 Å². The summed E-state index contributed by atoms with van der Waals surface area (Å²) in [5.41, 5.74) is 0.583. The molecule has 0 bridgehead atoms. The molecule has 1 atom stereocenters. The normalized spacial score (nSPS) is 22.4. The highest BCUT2D eigenvalue weighted by Gasteiger charge is 2.49. The van der Waals surface area contributed by atoms with E-state index in [-0.39, 0.29) is 24.4 Å². The minimum Gasteiger partial charge on any atom is -0.467 e. The van der Waals surface area contributed by atoms with Crippen LogP contribution in [-0.4, -0.2) is 37.8 Å². The number of amides is 2. The zero-order valence-corrected chi connectivity index (χ0v) is 18.5. The van der Waals surface area contributed by atoms with Crippen molar-refractivity contribution in [3.05, 3.63) is 54.2 Å². The first-order valence-corrected chi connectivity index (χ1v) is 11.7. The molecule has 2 aromatic heterocycles. The lowest BCUT2D eigenvalue weighted by Gasteiger charge is -2.43. The Hall–Kier alpha value is -3.09. The van der Waals surface area contributed by atoms with Crippen molar-refractivity contribution in [2.24, 2.45) is 0 Å². The second-order valence-corrected chi connectivity index (χ2v) is 9.27. The van der Waals surface area contributed by atoms with Gasteiger partial charge in [-0.15, -0.1) is 0 Å². The van der Waals surface area contributed by atoms with E-state index in [2.05, 4.69) is 10.3 Å². The van der Waals surface area contributed by atoms with E-state index in [0.717, 1.165) is 36.7 Å². The Bertz CT molecular complexity index is 1110. The number of hydrogen-bond acceptors (Lipinski definition) is 4. The van der Waals surface area contributed by atoms with Crippen LogP contribution in [0.5, 0.6) is 0 Å². The lowest BCUT2D eigenvalue weighted by atomic mass is 9.92. The SMILES string of the molecule is CC1(C(=O)NC2CCCCCCC2)Cn2c(nc3ccccc32)C(=O)N1Cc1ccco1. The molecular weight excluding hydrogens is 404 g/mol. The molecule has 0 radical (unpaired) electrons. The highest BCUT2D eigenvalue weighted by molar-refractivity contribution is 6.01. The molecule has 7 heteroatoms. The highest BCUT2D eigenvalue weighted by atomic mass is 16.3. The number of rotatable bonds is 4. The number of furan rings is 1. The Balaban J connectivity index is 1.50. The fraction of sp³-hybridized carbons (Fsp3) is 0.480. The summed E-state index contributed by atoms with van der Waals surface area (Å²) >= 11 is 0. The molecule has 3 aromatic rings. The van der Waals surface area contributed by atoms with E-state index in [0.29, 0.717) is 18.1 Å². The fourth-order valence-corrected chi connectivity index (χ4v) is 5.08. The number of carbonyl (C=O) groups excluding carboxylic acids is 2. The average molecular weight is 435 g/mol. The van der Waals surface area contributed by atoms with E-state index >= 15 is 0 Å². The van der Waals surface area contributed by atoms with Crippen molar-refractivity contribution in [3.63, 3.8) is 0 Å². The number of aromatic nitrogens is 2. The molecular formula is C25H30N4O3. The molecule has 2 amide bonds. The summed E-state index contributed by atoms with van der Waals surface area (Å²) in [4.78, 5) is 33.6. The van der Waals surface area contributed by atoms with Gasteiger partial charge in [-0.1, -0.05) is 44.2 Å². The van der Waals surface area contributed by atoms with Crippen molar-refractivity contribution >= 4 is 22.8 Å². The Morgan fingerprint density at radius 3 is 2.62 bits per heavy atom. The summed E-state index contributed by atoms with van der Waals surface area (Å²) < 4.78 is 7.43. The Morgan fingerprint density at radius 1 is 1.12 bits per heavy atom. The van der Waals surface area contributed by atoms with Gasteiger partial charge in [-0.2, -0.15) is 0 Å². The number of carbonyl (C=O) groups is 2. The van der Waals surface area contributed by atoms with Gasteiger partial charge in [0, 0.05) is 6.04 Å². The topological polar surface area (TPSA) is 80.4 Å². The third-order valence-corrected chi connectivity index (χ3v) is 6.98. The summed E-state index contributed by atoms with van der Waals surface area (Å²) in [6, 6.07) is 11.5. The van der Waals surface area contributed by atoms with Crippen molar-refractivity contribution in [3.8, 4) is 0 Å². The second kappa shape index (κ2) is 8.45. The summed E-state index contributed by atoms with van der Waals surface area (Å²) in [6.07, 6.45) is 9.56. The third-order valence-electron chi connectivity index (χ3n) is 6.98. The standard InChI is InChI=1S/C25H30N4O3/c1-25(24(31)26-18-10-5-3-2-4-6-11-18)17-28-21-14-8-7-13-20(21)27-22(28)23(30)29(25)16-19-12-9-15-32-19/h7-9,12-15,18H,2-6,10-11,16-17H2,1H3,(H,26,31). The lowest BCUT2D eigenvalue weighted by molar-refractivity contribution is -0.134. The molecule has 1 aliphatic carbocycles. The summed E-state index contributed by atoms with van der Waals surface area (Å²) in [7, 11) is 0. The van der Waals surface area contributed by atoms with Gasteiger partial charge in [0.05, 0.1) is 30.4 Å². The Morgan fingerprint density at radius 2 is 1.88 bits per heavy atom. The van der Waals surface area contributed by atoms with Crippen molar-refractivity contribution in [1.29, 1.82) is 0 Å². The van der Waals surface area contributed by atoms with Crippen molar-refractivity contribution in [1.82, 2.24) is 19.8 Å². The summed E-state index contributed by atoms with van der Waals surface area (Å²) in [6.45, 7) is 2.45. The number of benzene rings is 1. The molecule has 1 unspecified atom stereocenters. The first kappa shape index (κ1) is 20.8. The van der Waals surface area contributed by atoms with E-state index in [1.54, 1.807) is 17.2 Å². The first-order chi connectivity index (χ1) is 15.6. The molecule has 1 saturated carbocycles. The molecule has 1 aromatic carbocycles. The maximum atomic E-state index is 13.8. The first-order valence-electron chi connectivity index (χ1n) is 11.7. The van der Waals surface area contributed by atoms with Gasteiger partial charge in [-0.3, -0.25) is 9.59 Å². The number of nitrogens with one attached hydrogen (secondary N) is 1. The van der Waals surface area contributed by atoms with Crippen LogP contribution in [0.15, 0.2) is 47.1 Å². The zero-order chi connectivity index (χ0) is 22.1. The number of imidazole rings is 1. The summed E-state index contributed by atoms with van der Waals surface area (Å²) in [5.74, 6) is 0.660. The molecule has 1 fully saturated rings. The number of para-hydroxylation sites is 2.